The van der Waals surface area contributed by atoms with Gasteiger partial charge in [0.1, 0.15) is 5.82 Å². The zero-order chi connectivity index (χ0) is 15.1. The van der Waals surface area contributed by atoms with Crippen molar-refractivity contribution in [2.45, 2.75) is 12.8 Å². The normalized spacial score (nSPS) is 9.95. The number of hydrogen-bond donors (Lipinski definition) is 0. The molecule has 0 bridgehead atoms. The molecule has 0 fully saturated rings. The highest BCUT2D eigenvalue weighted by Crippen LogP contribution is 2.29. The number of carbonyl (C=O) groups excluding carboxylic acids is 1. The SMILES string of the molecule is CN(CCC#N)C(=O)CCOc1c(F)cc(F)cc1Br. The molecule has 0 aromatic heterocycles. The summed E-state index contributed by atoms with van der Waals surface area (Å²) in [6.45, 7) is 0.306. The van der Waals surface area contributed by atoms with Crippen molar-refractivity contribution >= 4 is 21.8 Å². The van der Waals surface area contributed by atoms with Gasteiger partial charge in [-0.25, -0.2) is 8.78 Å². The lowest BCUT2D eigenvalue weighted by atomic mass is 10.3. The summed E-state index contributed by atoms with van der Waals surface area (Å²) >= 11 is 2.99. The molecule has 1 rings (SSSR count). The molecule has 1 amide bonds. The molecule has 4 nitrogen and oxygen atoms in total. The zero-order valence-corrected chi connectivity index (χ0v) is 12.4. The minimum Gasteiger partial charge on any atom is -0.489 e. The molecule has 108 valence electrons. The highest BCUT2D eigenvalue weighted by molar-refractivity contribution is 9.10. The minimum atomic E-state index is -0.831. The molecule has 0 radical (unpaired) electrons. The van der Waals surface area contributed by atoms with Crippen LogP contribution in [0.2, 0.25) is 0 Å². The third kappa shape index (κ3) is 4.78. The molecule has 0 unspecified atom stereocenters. The minimum absolute atomic E-state index is 0.0309. The number of benzene rings is 1. The van der Waals surface area contributed by atoms with Gasteiger partial charge in [0.25, 0.3) is 0 Å². The van der Waals surface area contributed by atoms with Gasteiger partial charge in [-0.3, -0.25) is 4.79 Å². The first-order valence-electron chi connectivity index (χ1n) is 5.84. The lowest BCUT2D eigenvalue weighted by Crippen LogP contribution is -2.28. The molecule has 0 aliphatic carbocycles. The third-order valence-corrected chi connectivity index (χ3v) is 3.10. The first-order chi connectivity index (χ1) is 9.45. The molecular formula is C13H13BrF2N2O2. The van der Waals surface area contributed by atoms with E-state index in [1.165, 1.54) is 4.90 Å². The van der Waals surface area contributed by atoms with Gasteiger partial charge in [0.05, 0.1) is 30.0 Å². The summed E-state index contributed by atoms with van der Waals surface area (Å²) in [4.78, 5) is 13.0. The van der Waals surface area contributed by atoms with E-state index >= 15 is 0 Å². The second-order valence-corrected chi connectivity index (χ2v) is 4.87. The van der Waals surface area contributed by atoms with Crippen molar-refractivity contribution in [1.29, 1.82) is 5.26 Å². The Kier molecular flexibility index (Phi) is 6.39. The van der Waals surface area contributed by atoms with Crippen LogP contribution in [0.25, 0.3) is 0 Å². The quantitative estimate of drug-likeness (QED) is 0.795. The Hall–Kier alpha value is -1.68. The fourth-order valence-electron chi connectivity index (χ4n) is 1.44. The number of ether oxygens (including phenoxy) is 1. The van der Waals surface area contributed by atoms with Crippen molar-refractivity contribution in [2.75, 3.05) is 20.2 Å². The number of carbonyl (C=O) groups is 1. The molecule has 0 aliphatic heterocycles. The summed E-state index contributed by atoms with van der Waals surface area (Å²) in [7, 11) is 1.58. The lowest BCUT2D eigenvalue weighted by molar-refractivity contribution is -0.130. The van der Waals surface area contributed by atoms with Crippen LogP contribution in [0, 0.1) is 23.0 Å². The van der Waals surface area contributed by atoms with E-state index in [2.05, 4.69) is 15.9 Å². The second-order valence-electron chi connectivity index (χ2n) is 4.02. The van der Waals surface area contributed by atoms with Gasteiger partial charge in [-0.15, -0.1) is 0 Å². The van der Waals surface area contributed by atoms with Crippen LogP contribution >= 0.6 is 15.9 Å². The molecule has 0 heterocycles. The van der Waals surface area contributed by atoms with E-state index in [-0.39, 0.29) is 35.6 Å². The van der Waals surface area contributed by atoms with Gasteiger partial charge in [0, 0.05) is 19.7 Å². The van der Waals surface area contributed by atoms with Gasteiger partial charge in [-0.1, -0.05) is 0 Å². The molecule has 0 spiro atoms. The van der Waals surface area contributed by atoms with Crippen LogP contribution in [0.4, 0.5) is 8.78 Å². The van der Waals surface area contributed by atoms with Crippen molar-refractivity contribution in [3.05, 3.63) is 28.2 Å². The van der Waals surface area contributed by atoms with E-state index in [4.69, 9.17) is 10.00 Å². The standard InChI is InChI=1S/C13H13BrF2N2O2/c1-18(5-2-4-17)12(19)3-6-20-13-10(14)7-9(15)8-11(13)16/h7-8H,2-3,5-6H2,1H3. The van der Waals surface area contributed by atoms with Gasteiger partial charge < -0.3 is 9.64 Å². The molecule has 1 aromatic rings. The van der Waals surface area contributed by atoms with Gasteiger partial charge >= 0.3 is 0 Å². The largest absolute Gasteiger partial charge is 0.489 e. The number of nitrogens with zero attached hydrogens (tertiary/aromatic N) is 2. The van der Waals surface area contributed by atoms with Crippen LogP contribution in [0.1, 0.15) is 12.8 Å². The van der Waals surface area contributed by atoms with Crippen LogP contribution in [0.3, 0.4) is 0 Å². The van der Waals surface area contributed by atoms with Gasteiger partial charge in [0.15, 0.2) is 11.6 Å². The Bertz CT molecular complexity index is 509. The predicted octanol–water partition coefficient (Wildman–Crippen LogP) is 2.87. The number of halogens is 3. The van der Waals surface area contributed by atoms with Crippen LogP contribution in [-0.2, 0) is 4.79 Å². The van der Waals surface area contributed by atoms with Gasteiger partial charge in [-0.05, 0) is 22.0 Å². The maximum atomic E-state index is 13.4. The van der Waals surface area contributed by atoms with E-state index in [9.17, 15) is 13.6 Å². The predicted molar refractivity (Wildman–Crippen MR) is 72.0 cm³/mol. The van der Waals surface area contributed by atoms with E-state index in [1.807, 2.05) is 6.07 Å². The molecule has 0 saturated carbocycles. The Balaban J connectivity index is 2.49. The maximum absolute atomic E-state index is 13.4. The van der Waals surface area contributed by atoms with Gasteiger partial charge in [-0.2, -0.15) is 5.26 Å². The molecule has 0 atom stereocenters. The summed E-state index contributed by atoms with van der Waals surface area (Å²) in [6, 6.07) is 3.73. The smallest absolute Gasteiger partial charge is 0.225 e. The Morgan fingerprint density at radius 1 is 1.50 bits per heavy atom. The molecular weight excluding hydrogens is 334 g/mol. The van der Waals surface area contributed by atoms with Crippen molar-refractivity contribution in [3.63, 3.8) is 0 Å². The van der Waals surface area contributed by atoms with Gasteiger partial charge in [0.2, 0.25) is 5.91 Å². The first kappa shape index (κ1) is 16.4. The third-order valence-electron chi connectivity index (χ3n) is 2.51. The van der Waals surface area contributed by atoms with E-state index in [0.717, 1.165) is 6.07 Å². The molecule has 7 heteroatoms. The van der Waals surface area contributed by atoms with Crippen LogP contribution in [0.15, 0.2) is 16.6 Å². The number of nitriles is 1. The summed E-state index contributed by atoms with van der Waals surface area (Å²) < 4.78 is 31.6. The Labute approximate surface area is 124 Å². The topological polar surface area (TPSA) is 53.3 Å². The fraction of sp³-hybridized carbons (Fsp3) is 0.385. The summed E-state index contributed by atoms with van der Waals surface area (Å²) in [5.41, 5.74) is 0. The monoisotopic (exact) mass is 346 g/mol. The van der Waals surface area contributed by atoms with Crippen LogP contribution in [-0.4, -0.2) is 31.0 Å². The Morgan fingerprint density at radius 3 is 2.80 bits per heavy atom. The fourth-order valence-corrected chi connectivity index (χ4v) is 1.96. The summed E-state index contributed by atoms with van der Waals surface area (Å²) in [5, 5.41) is 8.41. The average Bonchev–Trinajstić information content (AvgIpc) is 2.38. The molecule has 0 N–H and O–H groups in total. The van der Waals surface area contributed by atoms with Crippen molar-refractivity contribution in [2.24, 2.45) is 0 Å². The van der Waals surface area contributed by atoms with E-state index in [0.29, 0.717) is 12.6 Å². The van der Waals surface area contributed by atoms with Crippen molar-refractivity contribution in [3.8, 4) is 11.8 Å². The van der Waals surface area contributed by atoms with E-state index in [1.54, 1.807) is 7.05 Å². The highest BCUT2D eigenvalue weighted by atomic mass is 79.9. The number of hydrogen-bond acceptors (Lipinski definition) is 3. The van der Waals surface area contributed by atoms with E-state index < -0.39 is 11.6 Å². The summed E-state index contributed by atoms with van der Waals surface area (Å²) in [5.74, 6) is -1.88. The molecule has 0 aliphatic rings. The first-order valence-corrected chi connectivity index (χ1v) is 6.63. The van der Waals surface area contributed by atoms with Crippen LogP contribution < -0.4 is 4.74 Å². The average molecular weight is 347 g/mol. The molecule has 1 aromatic carbocycles. The highest BCUT2D eigenvalue weighted by Gasteiger charge is 2.13. The number of rotatable bonds is 6. The van der Waals surface area contributed by atoms with Crippen LogP contribution in [0.5, 0.6) is 5.75 Å². The lowest BCUT2D eigenvalue weighted by Gasteiger charge is -2.16. The Morgan fingerprint density at radius 2 is 2.20 bits per heavy atom. The molecule has 20 heavy (non-hydrogen) atoms. The van der Waals surface area contributed by atoms with Crippen molar-refractivity contribution < 1.29 is 18.3 Å². The summed E-state index contributed by atoms with van der Waals surface area (Å²) in [6.07, 6.45) is 0.298. The van der Waals surface area contributed by atoms with Crippen molar-refractivity contribution in [1.82, 2.24) is 4.90 Å². The molecule has 0 saturated heterocycles. The maximum Gasteiger partial charge on any atom is 0.225 e. The number of amides is 1. The zero-order valence-electron chi connectivity index (χ0n) is 10.8. The second kappa shape index (κ2) is 7.80.